The number of hydrogen-bond donors (Lipinski definition) is 2. The maximum absolute atomic E-state index is 12.1. The first kappa shape index (κ1) is 19.1. The minimum Gasteiger partial charge on any atom is -0.477 e. The molecule has 2 aromatic heterocycles. The highest BCUT2D eigenvalue weighted by Crippen LogP contribution is 2.55. The molecule has 30 heavy (non-hydrogen) atoms. The molecular weight excluding hydrogens is 386 g/mol. The SMILES string of the molecule is C[C@@H]1C[C@@]1(c1noc(=O)[nH]1)n1c(C(=O)O)cc2cc([C@H]3CCOC(C)(C)C3)ccc21. The van der Waals surface area contributed by atoms with E-state index in [0.717, 1.165) is 30.4 Å². The van der Waals surface area contributed by atoms with Crippen molar-refractivity contribution in [3.05, 3.63) is 51.9 Å². The van der Waals surface area contributed by atoms with E-state index in [2.05, 4.69) is 36.1 Å². The van der Waals surface area contributed by atoms with Crippen LogP contribution in [0.5, 0.6) is 0 Å². The molecular formula is C22H25N3O5. The summed E-state index contributed by atoms with van der Waals surface area (Å²) < 4.78 is 12.4. The van der Waals surface area contributed by atoms with Crippen molar-refractivity contribution in [2.24, 2.45) is 5.92 Å². The Morgan fingerprint density at radius 3 is 2.67 bits per heavy atom. The van der Waals surface area contributed by atoms with Crippen molar-refractivity contribution in [3.63, 3.8) is 0 Å². The van der Waals surface area contributed by atoms with Gasteiger partial charge in [0.15, 0.2) is 5.82 Å². The average Bonchev–Trinajstić information content (AvgIpc) is 3.03. The Morgan fingerprint density at radius 1 is 1.30 bits per heavy atom. The van der Waals surface area contributed by atoms with Gasteiger partial charge in [0.05, 0.1) is 5.60 Å². The predicted molar refractivity (Wildman–Crippen MR) is 109 cm³/mol. The molecule has 1 saturated carbocycles. The van der Waals surface area contributed by atoms with E-state index in [4.69, 9.17) is 9.26 Å². The number of aromatic nitrogens is 3. The average molecular weight is 411 g/mol. The molecule has 1 aromatic carbocycles. The number of fused-ring (bicyclic) bond motifs is 1. The summed E-state index contributed by atoms with van der Waals surface area (Å²) in [5.41, 5.74) is 1.31. The first-order valence-corrected chi connectivity index (χ1v) is 10.3. The van der Waals surface area contributed by atoms with Crippen LogP contribution >= 0.6 is 0 Å². The van der Waals surface area contributed by atoms with Crippen LogP contribution in [0, 0.1) is 5.92 Å². The topological polar surface area (TPSA) is 110 Å². The van der Waals surface area contributed by atoms with Crippen LogP contribution in [-0.2, 0) is 10.3 Å². The normalized spacial score (nSPS) is 28.0. The van der Waals surface area contributed by atoms with Crippen LogP contribution in [0.1, 0.15) is 67.8 Å². The summed E-state index contributed by atoms with van der Waals surface area (Å²) >= 11 is 0. The molecule has 1 aliphatic heterocycles. The largest absolute Gasteiger partial charge is 0.477 e. The Labute approximate surface area is 172 Å². The van der Waals surface area contributed by atoms with E-state index in [-0.39, 0.29) is 17.2 Å². The van der Waals surface area contributed by atoms with Crippen LogP contribution in [0.4, 0.5) is 0 Å². The summed E-state index contributed by atoms with van der Waals surface area (Å²) in [6.07, 6.45) is 2.55. The summed E-state index contributed by atoms with van der Waals surface area (Å²) in [6.45, 7) is 6.95. The highest BCUT2D eigenvalue weighted by Gasteiger charge is 2.59. The van der Waals surface area contributed by atoms with Gasteiger partial charge in [-0.2, -0.15) is 0 Å². The summed E-state index contributed by atoms with van der Waals surface area (Å²) in [7, 11) is 0. The van der Waals surface area contributed by atoms with Crippen LogP contribution in [0.3, 0.4) is 0 Å². The molecule has 0 spiro atoms. The van der Waals surface area contributed by atoms with Crippen molar-refractivity contribution >= 4 is 16.9 Å². The molecule has 158 valence electrons. The quantitative estimate of drug-likeness (QED) is 0.680. The number of ether oxygens (including phenoxy) is 1. The lowest BCUT2D eigenvalue weighted by Crippen LogP contribution is -2.32. The fourth-order valence-electron chi connectivity index (χ4n) is 5.16. The van der Waals surface area contributed by atoms with Gasteiger partial charge in [0.25, 0.3) is 0 Å². The van der Waals surface area contributed by atoms with Crippen LogP contribution < -0.4 is 5.76 Å². The van der Waals surface area contributed by atoms with Crippen LogP contribution in [-0.4, -0.2) is 38.0 Å². The van der Waals surface area contributed by atoms with Crippen molar-refractivity contribution in [1.82, 2.24) is 14.7 Å². The molecule has 8 nitrogen and oxygen atoms in total. The van der Waals surface area contributed by atoms with Gasteiger partial charge >= 0.3 is 11.7 Å². The fraction of sp³-hybridized carbons (Fsp3) is 0.500. The number of carbonyl (C=O) groups is 1. The smallest absolute Gasteiger partial charge is 0.438 e. The van der Waals surface area contributed by atoms with Gasteiger partial charge in [0, 0.05) is 17.5 Å². The molecule has 1 saturated heterocycles. The summed E-state index contributed by atoms with van der Waals surface area (Å²) in [4.78, 5) is 26.3. The molecule has 5 rings (SSSR count). The van der Waals surface area contributed by atoms with Gasteiger partial charge in [0.1, 0.15) is 11.2 Å². The summed E-state index contributed by atoms with van der Waals surface area (Å²) in [5, 5.41) is 14.7. The Morgan fingerprint density at radius 2 is 2.07 bits per heavy atom. The highest BCUT2D eigenvalue weighted by molar-refractivity contribution is 5.95. The number of rotatable bonds is 4. The number of nitrogens with one attached hydrogen (secondary N) is 1. The third-order valence-electron chi connectivity index (χ3n) is 6.74. The molecule has 3 atom stereocenters. The maximum Gasteiger partial charge on any atom is 0.438 e. The van der Waals surface area contributed by atoms with Crippen LogP contribution in [0.2, 0.25) is 0 Å². The molecule has 0 amide bonds. The highest BCUT2D eigenvalue weighted by atomic mass is 16.5. The van der Waals surface area contributed by atoms with Gasteiger partial charge < -0.3 is 14.4 Å². The van der Waals surface area contributed by atoms with Crippen molar-refractivity contribution in [3.8, 4) is 0 Å². The molecule has 1 aliphatic carbocycles. The number of aromatic amines is 1. The van der Waals surface area contributed by atoms with Gasteiger partial charge in [-0.25, -0.2) is 9.59 Å². The molecule has 0 radical (unpaired) electrons. The molecule has 2 aliphatic rings. The minimum atomic E-state index is -1.01. The van der Waals surface area contributed by atoms with Crippen LogP contribution in [0.25, 0.3) is 10.9 Å². The molecule has 2 fully saturated rings. The number of H-pyrrole nitrogens is 1. The van der Waals surface area contributed by atoms with E-state index in [1.54, 1.807) is 10.6 Å². The van der Waals surface area contributed by atoms with Gasteiger partial charge in [-0.3, -0.25) is 9.51 Å². The third-order valence-corrected chi connectivity index (χ3v) is 6.74. The number of aromatic carboxylic acids is 1. The van der Waals surface area contributed by atoms with E-state index in [1.165, 1.54) is 5.56 Å². The van der Waals surface area contributed by atoms with E-state index < -0.39 is 17.3 Å². The monoisotopic (exact) mass is 411 g/mol. The zero-order chi connectivity index (χ0) is 21.3. The van der Waals surface area contributed by atoms with E-state index >= 15 is 0 Å². The predicted octanol–water partition coefficient (Wildman–Crippen LogP) is 3.47. The number of benzene rings is 1. The van der Waals surface area contributed by atoms with Crippen molar-refractivity contribution < 1.29 is 19.2 Å². The molecule has 2 N–H and O–H groups in total. The third kappa shape index (κ3) is 2.81. The van der Waals surface area contributed by atoms with Crippen molar-refractivity contribution in [2.45, 2.75) is 57.1 Å². The Bertz CT molecular complexity index is 1200. The van der Waals surface area contributed by atoms with Gasteiger partial charge in [-0.15, -0.1) is 0 Å². The van der Waals surface area contributed by atoms with E-state index in [9.17, 15) is 14.7 Å². The van der Waals surface area contributed by atoms with Crippen LogP contribution in [0.15, 0.2) is 33.6 Å². The van der Waals surface area contributed by atoms with Crippen molar-refractivity contribution in [2.75, 3.05) is 6.61 Å². The lowest BCUT2D eigenvalue weighted by Gasteiger charge is -2.35. The second kappa shape index (κ2) is 6.31. The second-order valence-corrected chi connectivity index (χ2v) is 9.26. The summed E-state index contributed by atoms with van der Waals surface area (Å²) in [6, 6.07) is 7.89. The summed E-state index contributed by atoms with van der Waals surface area (Å²) in [5.74, 6) is -0.792. The molecule has 8 heteroatoms. The van der Waals surface area contributed by atoms with Crippen molar-refractivity contribution in [1.29, 1.82) is 0 Å². The van der Waals surface area contributed by atoms with E-state index in [1.807, 2.05) is 13.0 Å². The van der Waals surface area contributed by atoms with Gasteiger partial charge in [-0.1, -0.05) is 18.1 Å². The Balaban J connectivity index is 1.65. The standard InChI is InChI=1S/C22H25N3O5/c1-12-10-22(12,19-23-20(28)30-24-19)25-16-5-4-13(8-15(16)9-17(25)18(26)27)14-6-7-29-21(2,3)11-14/h4-5,8-9,12,14H,6-7,10-11H2,1-3H3,(H,26,27)(H,23,24,28)/t12-,14+,22-/m1/s1. The number of nitrogens with zero attached hydrogens (tertiary/aromatic N) is 2. The Kier molecular flexibility index (Phi) is 4.02. The zero-order valence-electron chi connectivity index (χ0n) is 17.3. The molecule has 0 bridgehead atoms. The number of hydrogen-bond acceptors (Lipinski definition) is 5. The zero-order valence-corrected chi connectivity index (χ0v) is 17.3. The second-order valence-electron chi connectivity index (χ2n) is 9.26. The number of carboxylic acids is 1. The Hall–Kier alpha value is -2.87. The molecule has 3 heterocycles. The lowest BCUT2D eigenvalue weighted by molar-refractivity contribution is -0.0592. The van der Waals surface area contributed by atoms with Gasteiger partial charge in [-0.05, 0) is 68.7 Å². The molecule has 0 unspecified atom stereocenters. The molecule has 3 aromatic rings. The lowest BCUT2D eigenvalue weighted by atomic mass is 9.83. The first-order valence-electron chi connectivity index (χ1n) is 10.3. The minimum absolute atomic E-state index is 0.114. The van der Waals surface area contributed by atoms with E-state index in [0.29, 0.717) is 18.2 Å². The fourth-order valence-corrected chi connectivity index (χ4v) is 5.16. The number of carboxylic acid groups (broad SMARTS) is 1. The first-order chi connectivity index (χ1) is 14.2. The van der Waals surface area contributed by atoms with Gasteiger partial charge in [0.2, 0.25) is 0 Å². The maximum atomic E-state index is 12.1.